The summed E-state index contributed by atoms with van der Waals surface area (Å²) >= 11 is 0. The van der Waals surface area contributed by atoms with Gasteiger partial charge in [0.2, 0.25) is 0 Å². The van der Waals surface area contributed by atoms with Crippen LogP contribution >= 0.6 is 0 Å². The van der Waals surface area contributed by atoms with Crippen molar-refractivity contribution in [1.29, 1.82) is 0 Å². The zero-order valence-corrected chi connectivity index (χ0v) is 16.4. The largest absolute Gasteiger partial charge is 0.497 e. The average molecular weight is 364 g/mol. The van der Waals surface area contributed by atoms with E-state index in [2.05, 4.69) is 49.9 Å². The van der Waals surface area contributed by atoms with Gasteiger partial charge in [-0.25, -0.2) is 0 Å². The molecule has 142 valence electrons. The van der Waals surface area contributed by atoms with Crippen LogP contribution in [0.4, 0.5) is 0 Å². The molecule has 2 aromatic rings. The number of esters is 1. The first-order valence-corrected chi connectivity index (χ1v) is 9.51. The van der Waals surface area contributed by atoms with E-state index in [1.54, 1.807) is 7.11 Å². The highest BCUT2D eigenvalue weighted by atomic mass is 16.5. The van der Waals surface area contributed by atoms with Gasteiger partial charge in [0.15, 0.2) is 0 Å². The van der Waals surface area contributed by atoms with Crippen LogP contribution in [0.3, 0.4) is 0 Å². The van der Waals surface area contributed by atoms with E-state index in [1.807, 2.05) is 12.1 Å². The second-order valence-electron chi connectivity index (χ2n) is 7.44. The van der Waals surface area contributed by atoms with Crippen molar-refractivity contribution in [2.75, 3.05) is 14.2 Å². The average Bonchev–Trinajstić information content (AvgIpc) is 2.72. The molecular weight excluding hydrogens is 336 g/mol. The fourth-order valence-corrected chi connectivity index (χ4v) is 4.22. The molecule has 27 heavy (non-hydrogen) atoms. The van der Waals surface area contributed by atoms with E-state index in [1.165, 1.54) is 23.8 Å². The van der Waals surface area contributed by atoms with Crippen molar-refractivity contribution in [3.8, 4) is 16.9 Å². The summed E-state index contributed by atoms with van der Waals surface area (Å²) in [5.41, 5.74) is 4.81. The van der Waals surface area contributed by atoms with Crippen LogP contribution in [-0.2, 0) is 9.53 Å². The van der Waals surface area contributed by atoms with Gasteiger partial charge in [0.05, 0.1) is 20.1 Å². The second-order valence-corrected chi connectivity index (χ2v) is 7.44. The number of rotatable bonds is 5. The molecule has 0 N–H and O–H groups in total. The van der Waals surface area contributed by atoms with E-state index in [0.29, 0.717) is 11.8 Å². The Labute approximate surface area is 162 Å². The van der Waals surface area contributed by atoms with Gasteiger partial charge in [-0.1, -0.05) is 48.6 Å². The monoisotopic (exact) mass is 364 g/mol. The number of benzene rings is 2. The molecule has 0 saturated heterocycles. The number of hydrogen-bond donors (Lipinski definition) is 0. The van der Waals surface area contributed by atoms with E-state index in [-0.39, 0.29) is 11.9 Å². The smallest absolute Gasteiger partial charge is 0.308 e. The van der Waals surface area contributed by atoms with Crippen molar-refractivity contribution in [1.82, 2.24) is 0 Å². The van der Waals surface area contributed by atoms with Gasteiger partial charge in [-0.2, -0.15) is 0 Å². The van der Waals surface area contributed by atoms with Gasteiger partial charge < -0.3 is 9.47 Å². The van der Waals surface area contributed by atoms with Crippen LogP contribution in [0.2, 0.25) is 0 Å². The molecule has 0 aromatic heterocycles. The molecule has 1 saturated carbocycles. The lowest BCUT2D eigenvalue weighted by atomic mass is 9.69. The maximum atomic E-state index is 12.1. The number of carbonyl (C=O) groups excluding carboxylic acids is 1. The van der Waals surface area contributed by atoms with Crippen LogP contribution in [0.25, 0.3) is 11.1 Å². The highest BCUT2D eigenvalue weighted by Crippen LogP contribution is 2.44. The number of methoxy groups -OCH3 is 2. The summed E-state index contributed by atoms with van der Waals surface area (Å²) < 4.78 is 10.2. The molecule has 1 aliphatic carbocycles. The van der Waals surface area contributed by atoms with Crippen molar-refractivity contribution in [3.63, 3.8) is 0 Å². The summed E-state index contributed by atoms with van der Waals surface area (Å²) in [5, 5.41) is 0. The van der Waals surface area contributed by atoms with E-state index >= 15 is 0 Å². The zero-order valence-electron chi connectivity index (χ0n) is 16.4. The molecule has 0 spiro atoms. The Morgan fingerprint density at radius 1 is 0.963 bits per heavy atom. The Morgan fingerprint density at radius 3 is 2.07 bits per heavy atom. The predicted molar refractivity (Wildman–Crippen MR) is 109 cm³/mol. The van der Waals surface area contributed by atoms with Gasteiger partial charge >= 0.3 is 5.97 Å². The SMILES string of the molecule is C=C(C)[C@@H]1CC[C@H](C(=O)OC)C[C@H]1c1ccc(-c2ccc(OC)cc2)cc1. The molecule has 0 radical (unpaired) electrons. The Balaban J connectivity index is 1.83. The van der Waals surface area contributed by atoms with Crippen LogP contribution in [0.1, 0.15) is 37.7 Å². The Kier molecular flexibility index (Phi) is 6.00. The van der Waals surface area contributed by atoms with Crippen molar-refractivity contribution in [3.05, 3.63) is 66.2 Å². The molecule has 3 rings (SSSR count). The number of carbonyl (C=O) groups is 1. The lowest BCUT2D eigenvalue weighted by Gasteiger charge is -2.36. The molecule has 0 bridgehead atoms. The lowest BCUT2D eigenvalue weighted by Crippen LogP contribution is -2.29. The minimum atomic E-state index is -0.0879. The summed E-state index contributed by atoms with van der Waals surface area (Å²) in [4.78, 5) is 12.1. The van der Waals surface area contributed by atoms with E-state index in [0.717, 1.165) is 30.6 Å². The van der Waals surface area contributed by atoms with Crippen molar-refractivity contribution in [2.45, 2.75) is 32.1 Å². The first-order valence-electron chi connectivity index (χ1n) is 9.51. The predicted octanol–water partition coefficient (Wildman–Crippen LogP) is 5.61. The summed E-state index contributed by atoms with van der Waals surface area (Å²) in [6, 6.07) is 16.8. The molecule has 3 heteroatoms. The van der Waals surface area contributed by atoms with Crippen LogP contribution in [0.15, 0.2) is 60.7 Å². The fourth-order valence-electron chi connectivity index (χ4n) is 4.22. The van der Waals surface area contributed by atoms with Crippen LogP contribution < -0.4 is 4.74 Å². The zero-order chi connectivity index (χ0) is 19.4. The highest BCUT2D eigenvalue weighted by Gasteiger charge is 2.35. The minimum absolute atomic E-state index is 0.0168. The Bertz CT molecular complexity index is 789. The van der Waals surface area contributed by atoms with Crippen LogP contribution in [0, 0.1) is 11.8 Å². The van der Waals surface area contributed by atoms with Crippen LogP contribution in [-0.4, -0.2) is 20.2 Å². The second kappa shape index (κ2) is 8.43. The molecule has 0 aliphatic heterocycles. The lowest BCUT2D eigenvalue weighted by molar-refractivity contribution is -0.147. The molecule has 3 atom stereocenters. The van der Waals surface area contributed by atoms with Crippen molar-refractivity contribution < 1.29 is 14.3 Å². The first kappa shape index (κ1) is 19.2. The van der Waals surface area contributed by atoms with Gasteiger partial charge in [0.1, 0.15) is 5.75 Å². The maximum absolute atomic E-state index is 12.1. The Hall–Kier alpha value is -2.55. The van der Waals surface area contributed by atoms with Gasteiger partial charge in [-0.05, 0) is 66.8 Å². The number of allylic oxidation sites excluding steroid dienone is 1. The molecule has 1 fully saturated rings. The number of ether oxygens (including phenoxy) is 2. The summed E-state index contributed by atoms with van der Waals surface area (Å²) in [7, 11) is 3.15. The summed E-state index contributed by atoms with van der Waals surface area (Å²) in [5.74, 6) is 1.48. The van der Waals surface area contributed by atoms with E-state index < -0.39 is 0 Å². The molecule has 1 aliphatic rings. The third-order valence-electron chi connectivity index (χ3n) is 5.78. The quantitative estimate of drug-likeness (QED) is 0.511. The molecular formula is C24H28O3. The van der Waals surface area contributed by atoms with Crippen molar-refractivity contribution >= 4 is 5.97 Å². The first-order chi connectivity index (χ1) is 13.0. The molecule has 0 amide bonds. The number of hydrogen-bond acceptors (Lipinski definition) is 3. The maximum Gasteiger partial charge on any atom is 0.308 e. The third-order valence-corrected chi connectivity index (χ3v) is 5.78. The minimum Gasteiger partial charge on any atom is -0.497 e. The summed E-state index contributed by atoms with van der Waals surface area (Å²) in [6.45, 7) is 6.30. The fraction of sp³-hybridized carbons (Fsp3) is 0.375. The summed E-state index contributed by atoms with van der Waals surface area (Å²) in [6.07, 6.45) is 2.69. The van der Waals surface area contributed by atoms with Gasteiger partial charge in [0.25, 0.3) is 0 Å². The van der Waals surface area contributed by atoms with Gasteiger partial charge in [0, 0.05) is 0 Å². The highest BCUT2D eigenvalue weighted by molar-refractivity contribution is 5.72. The standard InChI is InChI=1S/C24H28O3/c1-16(2)22-14-11-20(24(25)27-4)15-23(22)19-7-5-17(6-8-19)18-9-12-21(26-3)13-10-18/h5-10,12-13,20,22-23H,1,11,14-15H2,2-4H3/t20-,22-,23-/m0/s1. The van der Waals surface area contributed by atoms with E-state index in [4.69, 9.17) is 9.47 Å². The van der Waals surface area contributed by atoms with Gasteiger partial charge in [-0.3, -0.25) is 4.79 Å². The molecule has 0 unspecified atom stereocenters. The van der Waals surface area contributed by atoms with Crippen molar-refractivity contribution in [2.24, 2.45) is 11.8 Å². The Morgan fingerprint density at radius 2 is 1.56 bits per heavy atom. The van der Waals surface area contributed by atoms with E-state index in [9.17, 15) is 4.79 Å². The normalized spacial score (nSPS) is 22.1. The third kappa shape index (κ3) is 4.24. The van der Waals surface area contributed by atoms with Gasteiger partial charge in [-0.15, -0.1) is 0 Å². The topological polar surface area (TPSA) is 35.5 Å². The molecule has 0 heterocycles. The molecule has 3 nitrogen and oxygen atoms in total. The van der Waals surface area contributed by atoms with Crippen LogP contribution in [0.5, 0.6) is 5.75 Å². The molecule has 2 aromatic carbocycles.